The van der Waals surface area contributed by atoms with Crippen LogP contribution in [0.2, 0.25) is 0 Å². The van der Waals surface area contributed by atoms with Gasteiger partial charge in [-0.05, 0) is 31.2 Å². The summed E-state index contributed by atoms with van der Waals surface area (Å²) < 4.78 is 5.28. The Labute approximate surface area is 139 Å². The maximum absolute atomic E-state index is 12.1. The highest BCUT2D eigenvalue weighted by molar-refractivity contribution is 5.96. The van der Waals surface area contributed by atoms with Crippen LogP contribution < -0.4 is 5.32 Å². The molecule has 0 bridgehead atoms. The fraction of sp³-hybridized carbons (Fsp3) is 0.105. The summed E-state index contributed by atoms with van der Waals surface area (Å²) >= 11 is 0. The van der Waals surface area contributed by atoms with Crippen molar-refractivity contribution in [1.82, 2.24) is 5.16 Å². The van der Waals surface area contributed by atoms with Gasteiger partial charge >= 0.3 is 0 Å². The van der Waals surface area contributed by atoms with Gasteiger partial charge in [-0.15, -0.1) is 0 Å². The third kappa shape index (κ3) is 3.76. The van der Waals surface area contributed by atoms with E-state index in [1.807, 2.05) is 30.3 Å². The summed E-state index contributed by atoms with van der Waals surface area (Å²) in [6.07, 6.45) is 0.116. The number of nitrogens with zero attached hydrogens (tertiary/aromatic N) is 1. The molecule has 1 amide bonds. The molecule has 3 aromatic rings. The lowest BCUT2D eigenvalue weighted by molar-refractivity contribution is -0.115. The number of aromatic nitrogens is 1. The molecule has 0 atom stereocenters. The highest BCUT2D eigenvalue weighted by Gasteiger charge is 2.11. The van der Waals surface area contributed by atoms with E-state index in [0.717, 1.165) is 5.56 Å². The van der Waals surface area contributed by atoms with E-state index in [9.17, 15) is 9.59 Å². The predicted octanol–water partition coefficient (Wildman–Crippen LogP) is 3.73. The molecule has 0 aliphatic heterocycles. The summed E-state index contributed by atoms with van der Waals surface area (Å²) in [7, 11) is 0. The standard InChI is InChI=1S/C19H16N2O3/c1-13(22)14-7-9-16(10-8-14)20-19(23)12-17-11-18(24-21-17)15-5-3-2-4-6-15/h2-11H,12H2,1H3,(H,20,23). The van der Waals surface area contributed by atoms with Crippen LogP contribution in [-0.4, -0.2) is 16.8 Å². The Morgan fingerprint density at radius 2 is 1.75 bits per heavy atom. The number of Topliss-reactive ketones (excluding diaryl/α,β-unsaturated/α-hetero) is 1. The van der Waals surface area contributed by atoms with Crippen LogP contribution in [0.3, 0.4) is 0 Å². The lowest BCUT2D eigenvalue weighted by Gasteiger charge is -2.04. The van der Waals surface area contributed by atoms with Gasteiger partial charge in [-0.3, -0.25) is 9.59 Å². The molecule has 0 radical (unpaired) electrons. The maximum atomic E-state index is 12.1. The van der Waals surface area contributed by atoms with Gasteiger partial charge in [-0.25, -0.2) is 0 Å². The number of carbonyl (C=O) groups is 2. The second-order valence-corrected chi connectivity index (χ2v) is 5.41. The molecule has 0 fully saturated rings. The molecule has 120 valence electrons. The number of benzene rings is 2. The normalized spacial score (nSPS) is 10.4. The van der Waals surface area contributed by atoms with E-state index in [2.05, 4.69) is 10.5 Å². The number of hydrogen-bond donors (Lipinski definition) is 1. The van der Waals surface area contributed by atoms with Crippen LogP contribution >= 0.6 is 0 Å². The Hall–Kier alpha value is -3.21. The number of nitrogens with one attached hydrogen (secondary N) is 1. The van der Waals surface area contributed by atoms with Gasteiger partial charge in [0.25, 0.3) is 0 Å². The molecule has 0 unspecified atom stereocenters. The van der Waals surface area contributed by atoms with Crippen molar-refractivity contribution in [3.63, 3.8) is 0 Å². The molecule has 0 saturated heterocycles. The number of rotatable bonds is 5. The first-order valence-electron chi connectivity index (χ1n) is 7.54. The molecule has 1 heterocycles. The van der Waals surface area contributed by atoms with Gasteiger partial charge in [-0.1, -0.05) is 35.5 Å². The summed E-state index contributed by atoms with van der Waals surface area (Å²) in [5.74, 6) is 0.423. The maximum Gasteiger partial charge on any atom is 0.230 e. The van der Waals surface area contributed by atoms with Gasteiger partial charge in [0.05, 0.1) is 12.1 Å². The van der Waals surface area contributed by atoms with Gasteiger partial charge in [0.1, 0.15) is 0 Å². The van der Waals surface area contributed by atoms with Gasteiger partial charge in [0.15, 0.2) is 11.5 Å². The zero-order valence-corrected chi connectivity index (χ0v) is 13.2. The van der Waals surface area contributed by atoms with Crippen molar-refractivity contribution in [2.75, 3.05) is 5.32 Å². The van der Waals surface area contributed by atoms with Crippen molar-refractivity contribution in [3.8, 4) is 11.3 Å². The number of carbonyl (C=O) groups excluding carboxylic acids is 2. The fourth-order valence-electron chi connectivity index (χ4n) is 2.29. The van der Waals surface area contributed by atoms with Crippen molar-refractivity contribution < 1.29 is 14.1 Å². The van der Waals surface area contributed by atoms with E-state index < -0.39 is 0 Å². The molecular weight excluding hydrogens is 304 g/mol. The summed E-state index contributed by atoms with van der Waals surface area (Å²) in [5.41, 5.74) is 2.72. The molecule has 1 N–H and O–H groups in total. The van der Waals surface area contributed by atoms with Gasteiger partial charge in [-0.2, -0.15) is 0 Å². The zero-order chi connectivity index (χ0) is 16.9. The van der Waals surface area contributed by atoms with Crippen LogP contribution in [-0.2, 0) is 11.2 Å². The Bertz CT molecular complexity index is 852. The van der Waals surface area contributed by atoms with Crippen LogP contribution in [0.4, 0.5) is 5.69 Å². The van der Waals surface area contributed by atoms with E-state index in [1.54, 1.807) is 30.3 Å². The second-order valence-electron chi connectivity index (χ2n) is 5.41. The lowest BCUT2D eigenvalue weighted by atomic mass is 10.1. The highest BCUT2D eigenvalue weighted by atomic mass is 16.5. The molecule has 5 heteroatoms. The van der Waals surface area contributed by atoms with E-state index in [-0.39, 0.29) is 18.1 Å². The first-order chi connectivity index (χ1) is 11.6. The lowest BCUT2D eigenvalue weighted by Crippen LogP contribution is -2.14. The van der Waals surface area contributed by atoms with Crippen molar-refractivity contribution in [1.29, 1.82) is 0 Å². The van der Waals surface area contributed by atoms with Crippen molar-refractivity contribution >= 4 is 17.4 Å². The molecule has 24 heavy (non-hydrogen) atoms. The fourth-order valence-corrected chi connectivity index (χ4v) is 2.29. The number of anilines is 1. The summed E-state index contributed by atoms with van der Waals surface area (Å²) in [6, 6.07) is 18.1. The topological polar surface area (TPSA) is 72.2 Å². The summed E-state index contributed by atoms with van der Waals surface area (Å²) in [5, 5.41) is 6.70. The minimum Gasteiger partial charge on any atom is -0.356 e. The van der Waals surface area contributed by atoms with E-state index in [4.69, 9.17) is 4.52 Å². The van der Waals surface area contributed by atoms with Crippen LogP contribution in [0.5, 0.6) is 0 Å². The van der Waals surface area contributed by atoms with Crippen LogP contribution in [0.15, 0.2) is 65.2 Å². The minimum absolute atomic E-state index is 0.0103. The third-order valence-electron chi connectivity index (χ3n) is 3.53. The second kappa shape index (κ2) is 6.91. The van der Waals surface area contributed by atoms with Gasteiger partial charge in [0, 0.05) is 22.9 Å². The number of ketones is 1. The number of amides is 1. The Kier molecular flexibility index (Phi) is 4.52. The van der Waals surface area contributed by atoms with Gasteiger partial charge < -0.3 is 9.84 Å². The average molecular weight is 320 g/mol. The molecule has 0 spiro atoms. The molecular formula is C19H16N2O3. The van der Waals surface area contributed by atoms with Crippen LogP contribution in [0.1, 0.15) is 23.0 Å². The monoisotopic (exact) mass is 320 g/mol. The Morgan fingerprint density at radius 3 is 2.42 bits per heavy atom. The summed E-state index contributed by atoms with van der Waals surface area (Å²) in [6.45, 7) is 1.50. The first kappa shape index (κ1) is 15.7. The van der Waals surface area contributed by atoms with E-state index in [0.29, 0.717) is 22.7 Å². The molecule has 0 saturated carbocycles. The van der Waals surface area contributed by atoms with Crippen molar-refractivity contribution in [2.24, 2.45) is 0 Å². The third-order valence-corrected chi connectivity index (χ3v) is 3.53. The zero-order valence-electron chi connectivity index (χ0n) is 13.2. The van der Waals surface area contributed by atoms with Crippen molar-refractivity contribution in [3.05, 3.63) is 71.9 Å². The molecule has 2 aromatic carbocycles. The molecule has 0 aliphatic rings. The Balaban J connectivity index is 1.63. The van der Waals surface area contributed by atoms with Crippen LogP contribution in [0, 0.1) is 0 Å². The summed E-state index contributed by atoms with van der Waals surface area (Å²) in [4.78, 5) is 23.3. The smallest absolute Gasteiger partial charge is 0.230 e. The van der Waals surface area contributed by atoms with E-state index >= 15 is 0 Å². The Morgan fingerprint density at radius 1 is 1.04 bits per heavy atom. The molecule has 3 rings (SSSR count). The quantitative estimate of drug-likeness (QED) is 0.727. The first-order valence-corrected chi connectivity index (χ1v) is 7.54. The minimum atomic E-state index is -0.196. The van der Waals surface area contributed by atoms with Crippen molar-refractivity contribution in [2.45, 2.75) is 13.3 Å². The number of hydrogen-bond acceptors (Lipinski definition) is 4. The predicted molar refractivity (Wildman–Crippen MR) is 90.7 cm³/mol. The SMILES string of the molecule is CC(=O)c1ccc(NC(=O)Cc2cc(-c3ccccc3)on2)cc1. The highest BCUT2D eigenvalue weighted by Crippen LogP contribution is 2.20. The molecule has 0 aliphatic carbocycles. The largest absolute Gasteiger partial charge is 0.356 e. The average Bonchev–Trinajstić information content (AvgIpc) is 3.04. The molecule has 1 aromatic heterocycles. The van der Waals surface area contributed by atoms with Crippen LogP contribution in [0.25, 0.3) is 11.3 Å². The van der Waals surface area contributed by atoms with Gasteiger partial charge in [0.2, 0.25) is 5.91 Å². The van der Waals surface area contributed by atoms with E-state index in [1.165, 1.54) is 6.92 Å². The molecule has 5 nitrogen and oxygen atoms in total.